The summed E-state index contributed by atoms with van der Waals surface area (Å²) in [6.45, 7) is 12.6. The van der Waals surface area contributed by atoms with Crippen LogP contribution >= 0.6 is 0 Å². The lowest BCUT2D eigenvalue weighted by Gasteiger charge is -2.40. The van der Waals surface area contributed by atoms with Crippen LogP contribution in [0.25, 0.3) is 5.57 Å². The largest absolute Gasteiger partial charge is 0.385 e. The molecular weight excluding hydrogens is 340 g/mol. The van der Waals surface area contributed by atoms with E-state index >= 15 is 0 Å². The third kappa shape index (κ3) is 3.32. The molecule has 4 rings (SSSR count). The summed E-state index contributed by atoms with van der Waals surface area (Å²) in [6, 6.07) is 7.23. The number of ether oxygens (including phenoxy) is 1. The third-order valence-corrected chi connectivity index (χ3v) is 5.47. The molecule has 0 spiro atoms. The van der Waals surface area contributed by atoms with Gasteiger partial charge in [0.25, 0.3) is 5.91 Å². The van der Waals surface area contributed by atoms with Gasteiger partial charge in [-0.25, -0.2) is 0 Å². The molecule has 0 radical (unpaired) electrons. The van der Waals surface area contributed by atoms with E-state index in [0.717, 1.165) is 61.1 Å². The maximum Gasteiger partial charge on any atom is 0.261 e. The van der Waals surface area contributed by atoms with Gasteiger partial charge >= 0.3 is 0 Å². The predicted octanol–water partition coefficient (Wildman–Crippen LogP) is 2.28. The minimum absolute atomic E-state index is 0.107. The average molecular weight is 370 g/mol. The summed E-state index contributed by atoms with van der Waals surface area (Å²) >= 11 is 0. The molecule has 2 fully saturated rings. The van der Waals surface area contributed by atoms with Crippen molar-refractivity contribution >= 4 is 22.9 Å². The van der Waals surface area contributed by atoms with Crippen molar-refractivity contribution in [3.63, 3.8) is 0 Å². The highest BCUT2D eigenvalue weighted by Crippen LogP contribution is 2.41. The fourth-order valence-corrected chi connectivity index (χ4v) is 4.12. The highest BCUT2D eigenvalue weighted by molar-refractivity contribution is 6.33. The first kappa shape index (κ1) is 18.3. The number of nitrogens with zero attached hydrogens (tertiary/aromatic N) is 2. The van der Waals surface area contributed by atoms with Gasteiger partial charge in [0.15, 0.2) is 0 Å². The highest BCUT2D eigenvalue weighted by Gasteiger charge is 2.38. The summed E-state index contributed by atoms with van der Waals surface area (Å²) in [5, 5.41) is 6.98. The molecule has 2 saturated heterocycles. The Morgan fingerprint density at radius 3 is 2.63 bits per heavy atom. The summed E-state index contributed by atoms with van der Waals surface area (Å²) in [7, 11) is 0. The Kier molecular flexibility index (Phi) is 4.86. The number of nitrogens with one attached hydrogen (secondary N) is 2. The first-order valence-corrected chi connectivity index (χ1v) is 9.99. The molecule has 0 unspecified atom stereocenters. The minimum atomic E-state index is 0.107. The molecule has 0 atom stereocenters. The Hall–Kier alpha value is -2.05. The number of rotatable bonds is 4. The van der Waals surface area contributed by atoms with Crippen molar-refractivity contribution in [2.45, 2.75) is 45.8 Å². The van der Waals surface area contributed by atoms with Crippen molar-refractivity contribution in [3.05, 3.63) is 29.5 Å². The number of carbonyl (C=O) groups excluding carboxylic acids is 1. The Bertz CT molecular complexity index is 767. The number of piperazine rings is 1. The molecule has 0 aliphatic carbocycles. The van der Waals surface area contributed by atoms with Gasteiger partial charge < -0.3 is 20.3 Å². The Morgan fingerprint density at radius 1 is 1.22 bits per heavy atom. The van der Waals surface area contributed by atoms with Crippen molar-refractivity contribution in [2.75, 3.05) is 43.1 Å². The van der Waals surface area contributed by atoms with E-state index in [2.05, 4.69) is 61.4 Å². The van der Waals surface area contributed by atoms with E-state index in [9.17, 15) is 4.79 Å². The molecule has 2 N–H and O–H groups in total. The molecule has 6 heteroatoms. The molecule has 6 nitrogen and oxygen atoms in total. The van der Waals surface area contributed by atoms with E-state index in [1.165, 1.54) is 0 Å². The van der Waals surface area contributed by atoms with Gasteiger partial charge in [-0.15, -0.1) is 0 Å². The van der Waals surface area contributed by atoms with Crippen LogP contribution in [0.5, 0.6) is 0 Å². The van der Waals surface area contributed by atoms with Gasteiger partial charge in [-0.05, 0) is 45.9 Å². The minimum Gasteiger partial charge on any atom is -0.385 e. The van der Waals surface area contributed by atoms with Crippen LogP contribution in [-0.2, 0) is 9.53 Å². The fraction of sp³-hybridized carbons (Fsp3) is 0.571. The van der Waals surface area contributed by atoms with Crippen LogP contribution < -0.4 is 15.5 Å². The van der Waals surface area contributed by atoms with Crippen LogP contribution in [0.4, 0.5) is 11.4 Å². The predicted molar refractivity (Wildman–Crippen MR) is 109 cm³/mol. The lowest BCUT2D eigenvalue weighted by Crippen LogP contribution is -2.55. The van der Waals surface area contributed by atoms with Crippen molar-refractivity contribution in [1.82, 2.24) is 10.2 Å². The average Bonchev–Trinajstić information content (AvgIpc) is 2.84. The molecule has 1 aromatic rings. The van der Waals surface area contributed by atoms with Crippen LogP contribution in [0.2, 0.25) is 0 Å². The van der Waals surface area contributed by atoms with E-state index in [0.29, 0.717) is 12.1 Å². The smallest absolute Gasteiger partial charge is 0.261 e. The number of fused-ring (bicyclic) bond motifs is 1. The zero-order chi connectivity index (χ0) is 19.1. The Labute approximate surface area is 161 Å². The monoisotopic (exact) mass is 370 g/mol. The van der Waals surface area contributed by atoms with Gasteiger partial charge in [0.2, 0.25) is 0 Å². The summed E-state index contributed by atoms with van der Waals surface area (Å²) in [6.07, 6.45) is 0. The van der Waals surface area contributed by atoms with Crippen LogP contribution in [0.3, 0.4) is 0 Å². The van der Waals surface area contributed by atoms with E-state index in [1.54, 1.807) is 0 Å². The lowest BCUT2D eigenvalue weighted by atomic mass is 10.0. The fourth-order valence-electron chi connectivity index (χ4n) is 4.12. The first-order valence-electron chi connectivity index (χ1n) is 9.99. The molecule has 1 aromatic carbocycles. The molecule has 3 aliphatic heterocycles. The molecule has 3 aliphatic rings. The van der Waals surface area contributed by atoms with E-state index in [1.807, 2.05) is 4.90 Å². The quantitative estimate of drug-likeness (QED) is 0.797. The summed E-state index contributed by atoms with van der Waals surface area (Å²) in [5.41, 5.74) is 4.98. The summed E-state index contributed by atoms with van der Waals surface area (Å²) in [4.78, 5) is 17.7. The molecule has 1 amide bonds. The van der Waals surface area contributed by atoms with Crippen molar-refractivity contribution in [2.24, 2.45) is 0 Å². The van der Waals surface area contributed by atoms with E-state index < -0.39 is 0 Å². The number of hydrogen-bond acceptors (Lipinski definition) is 5. The van der Waals surface area contributed by atoms with Gasteiger partial charge in [-0.3, -0.25) is 9.69 Å². The third-order valence-electron chi connectivity index (χ3n) is 5.47. The number of carbonyl (C=O) groups is 1. The molecule has 146 valence electrons. The van der Waals surface area contributed by atoms with Gasteiger partial charge in [0.1, 0.15) is 0 Å². The van der Waals surface area contributed by atoms with Crippen molar-refractivity contribution < 1.29 is 9.53 Å². The molecule has 3 heterocycles. The lowest BCUT2D eigenvalue weighted by molar-refractivity contribution is -0.113. The summed E-state index contributed by atoms with van der Waals surface area (Å²) < 4.78 is 5.37. The number of hydrogen-bond donors (Lipinski definition) is 2. The Balaban J connectivity index is 1.75. The van der Waals surface area contributed by atoms with Crippen LogP contribution in [0.1, 0.15) is 33.3 Å². The second kappa shape index (κ2) is 7.17. The second-order valence-corrected chi connectivity index (χ2v) is 8.24. The maximum atomic E-state index is 13.4. The maximum absolute atomic E-state index is 13.4. The number of amides is 1. The van der Waals surface area contributed by atoms with Gasteiger partial charge in [-0.2, -0.15) is 0 Å². The van der Waals surface area contributed by atoms with E-state index in [4.69, 9.17) is 4.74 Å². The topological polar surface area (TPSA) is 56.8 Å². The SMILES string of the molecule is CC(C)Nc1ccc2c(c1)/C(=C1\CN(C3COC3)CCN1)C(=O)N2C(C)C. The summed E-state index contributed by atoms with van der Waals surface area (Å²) in [5.74, 6) is 0.107. The van der Waals surface area contributed by atoms with Gasteiger partial charge in [0.05, 0.1) is 30.5 Å². The molecule has 0 aromatic heterocycles. The Morgan fingerprint density at radius 2 is 2.00 bits per heavy atom. The molecule has 27 heavy (non-hydrogen) atoms. The van der Waals surface area contributed by atoms with Crippen molar-refractivity contribution in [1.29, 1.82) is 0 Å². The van der Waals surface area contributed by atoms with Crippen LogP contribution in [0, 0.1) is 0 Å². The molecular formula is C21H30N4O2. The number of benzene rings is 1. The highest BCUT2D eigenvalue weighted by atomic mass is 16.5. The zero-order valence-corrected chi connectivity index (χ0v) is 16.7. The zero-order valence-electron chi connectivity index (χ0n) is 16.7. The van der Waals surface area contributed by atoms with Crippen LogP contribution in [0.15, 0.2) is 23.9 Å². The first-order chi connectivity index (χ1) is 13.0. The standard InChI is InChI=1S/C21H30N4O2/c1-13(2)23-15-5-6-19-17(9-15)20(21(26)25(19)14(3)4)18-10-24(8-7-22-18)16-11-27-12-16/h5-6,9,13-14,16,22-23H,7-8,10-12H2,1-4H3/b20-18-. The number of anilines is 2. The van der Waals surface area contributed by atoms with Crippen molar-refractivity contribution in [3.8, 4) is 0 Å². The van der Waals surface area contributed by atoms with E-state index in [-0.39, 0.29) is 11.9 Å². The normalized spacial score (nSPS) is 23.6. The molecule has 0 bridgehead atoms. The van der Waals surface area contributed by atoms with Crippen LogP contribution in [-0.4, -0.2) is 61.8 Å². The van der Waals surface area contributed by atoms with Gasteiger partial charge in [-0.1, -0.05) is 0 Å². The van der Waals surface area contributed by atoms with Gasteiger partial charge in [0, 0.05) is 48.7 Å². The molecule has 0 saturated carbocycles. The second-order valence-electron chi connectivity index (χ2n) is 8.24.